The molecule has 0 N–H and O–H groups in total. The summed E-state index contributed by atoms with van der Waals surface area (Å²) in [6, 6.07) is 6.41. The molecule has 1 aliphatic rings. The lowest BCUT2D eigenvalue weighted by Gasteiger charge is -2.25. The number of likely N-dealkylation sites (N-methyl/N-ethyl adjacent to an activating group) is 1. The second-order valence-electron chi connectivity index (χ2n) is 4.51. The Morgan fingerprint density at radius 3 is 2.88 bits per heavy atom. The van der Waals surface area contributed by atoms with Crippen LogP contribution in [0.2, 0.25) is 0 Å². The first kappa shape index (κ1) is 12.0. The van der Waals surface area contributed by atoms with Crippen LogP contribution in [0, 0.1) is 0 Å². The molecule has 0 saturated carbocycles. The van der Waals surface area contributed by atoms with Gasteiger partial charge in [-0.1, -0.05) is 6.07 Å². The third-order valence-corrected chi connectivity index (χ3v) is 3.38. The molecule has 0 fully saturated rings. The minimum Gasteiger partial charge on any atom is -0.496 e. The highest BCUT2D eigenvalue weighted by Crippen LogP contribution is 2.38. The predicted molar refractivity (Wildman–Crippen MR) is 68.8 cm³/mol. The second kappa shape index (κ2) is 4.78. The third-order valence-electron chi connectivity index (χ3n) is 3.38. The molecule has 0 bridgehead atoms. The summed E-state index contributed by atoms with van der Waals surface area (Å²) >= 11 is 0. The summed E-state index contributed by atoms with van der Waals surface area (Å²) in [5, 5.41) is 0. The number of ether oxygens (including phenoxy) is 1. The summed E-state index contributed by atoms with van der Waals surface area (Å²) in [6.45, 7) is 4.72. The molecule has 1 unspecified atom stereocenters. The first-order valence-electron chi connectivity index (χ1n) is 6.09. The maximum Gasteiger partial charge on any atom is 0.131 e. The Morgan fingerprint density at radius 1 is 1.53 bits per heavy atom. The molecule has 0 spiro atoms. The van der Waals surface area contributed by atoms with Crippen molar-refractivity contribution < 1.29 is 9.53 Å². The van der Waals surface area contributed by atoms with E-state index >= 15 is 0 Å². The van der Waals surface area contributed by atoms with Gasteiger partial charge in [0.2, 0.25) is 0 Å². The van der Waals surface area contributed by atoms with E-state index in [0.717, 1.165) is 18.7 Å². The summed E-state index contributed by atoms with van der Waals surface area (Å²) in [5.41, 5.74) is 2.46. The van der Waals surface area contributed by atoms with Crippen molar-refractivity contribution in [2.75, 3.05) is 18.6 Å². The molecule has 1 aromatic carbocycles. The zero-order chi connectivity index (χ0) is 12.4. The van der Waals surface area contributed by atoms with Crippen LogP contribution >= 0.6 is 0 Å². The van der Waals surface area contributed by atoms with Gasteiger partial charge in [0.15, 0.2) is 0 Å². The van der Waals surface area contributed by atoms with Crippen molar-refractivity contribution in [2.24, 2.45) is 0 Å². The van der Waals surface area contributed by atoms with E-state index in [1.807, 2.05) is 12.1 Å². The molecule has 1 heterocycles. The van der Waals surface area contributed by atoms with Crippen molar-refractivity contribution in [2.45, 2.75) is 32.7 Å². The van der Waals surface area contributed by atoms with E-state index in [4.69, 9.17) is 4.74 Å². The lowest BCUT2D eigenvalue weighted by molar-refractivity contribution is -0.117. The topological polar surface area (TPSA) is 29.5 Å². The van der Waals surface area contributed by atoms with E-state index in [2.05, 4.69) is 17.9 Å². The Bertz CT molecular complexity index is 428. The molecule has 92 valence electrons. The standard InChI is InChI=1S/C14H19NO2/c1-4-15-11(8-10(2)16)9-12-13(15)6-5-7-14(12)17-3/h5-7,11H,4,8-9H2,1-3H3. The first-order chi connectivity index (χ1) is 8.17. The average Bonchev–Trinajstić information content (AvgIpc) is 2.64. The number of fused-ring (bicyclic) bond motifs is 1. The van der Waals surface area contributed by atoms with Crippen LogP contribution < -0.4 is 9.64 Å². The molecule has 0 aliphatic carbocycles. The molecule has 1 aliphatic heterocycles. The van der Waals surface area contributed by atoms with Gasteiger partial charge in [-0.3, -0.25) is 4.79 Å². The number of ketones is 1. The third kappa shape index (κ3) is 2.14. The van der Waals surface area contributed by atoms with Gasteiger partial charge in [-0.25, -0.2) is 0 Å². The fourth-order valence-corrected chi connectivity index (χ4v) is 2.70. The van der Waals surface area contributed by atoms with Crippen LogP contribution in [0.3, 0.4) is 0 Å². The molecule has 0 amide bonds. The van der Waals surface area contributed by atoms with Crippen LogP contribution in [0.1, 0.15) is 25.8 Å². The summed E-state index contributed by atoms with van der Waals surface area (Å²) < 4.78 is 5.39. The summed E-state index contributed by atoms with van der Waals surface area (Å²) in [6.07, 6.45) is 1.53. The van der Waals surface area contributed by atoms with Crippen molar-refractivity contribution >= 4 is 11.5 Å². The molecule has 3 nitrogen and oxygen atoms in total. The highest BCUT2D eigenvalue weighted by atomic mass is 16.5. The number of carbonyl (C=O) groups is 1. The van der Waals surface area contributed by atoms with E-state index in [0.29, 0.717) is 12.5 Å². The molecule has 1 atom stereocenters. The SMILES string of the molecule is CCN1c2cccc(OC)c2CC1CC(C)=O. The number of nitrogens with zero attached hydrogens (tertiary/aromatic N) is 1. The number of methoxy groups -OCH3 is 1. The fourth-order valence-electron chi connectivity index (χ4n) is 2.70. The van der Waals surface area contributed by atoms with Crippen LogP contribution in [0.25, 0.3) is 0 Å². The van der Waals surface area contributed by atoms with Crippen molar-refractivity contribution in [1.82, 2.24) is 0 Å². The van der Waals surface area contributed by atoms with Crippen LogP contribution in [0.5, 0.6) is 5.75 Å². The molecule has 1 aromatic rings. The lowest BCUT2D eigenvalue weighted by atomic mass is 10.1. The monoisotopic (exact) mass is 233 g/mol. The van der Waals surface area contributed by atoms with E-state index in [9.17, 15) is 4.79 Å². The Balaban J connectivity index is 2.33. The van der Waals surface area contributed by atoms with E-state index in [-0.39, 0.29) is 5.78 Å². The molecule has 2 rings (SSSR count). The normalized spacial score (nSPS) is 18.1. The van der Waals surface area contributed by atoms with Gasteiger partial charge in [-0.05, 0) is 32.4 Å². The Hall–Kier alpha value is -1.51. The van der Waals surface area contributed by atoms with E-state index in [1.165, 1.54) is 11.3 Å². The van der Waals surface area contributed by atoms with Gasteiger partial charge < -0.3 is 9.64 Å². The van der Waals surface area contributed by atoms with Crippen molar-refractivity contribution in [3.05, 3.63) is 23.8 Å². The number of rotatable bonds is 4. The zero-order valence-electron chi connectivity index (χ0n) is 10.7. The number of anilines is 1. The quantitative estimate of drug-likeness (QED) is 0.800. The molecular weight excluding hydrogens is 214 g/mol. The fraction of sp³-hybridized carbons (Fsp3) is 0.500. The van der Waals surface area contributed by atoms with Crippen molar-refractivity contribution in [3.8, 4) is 5.75 Å². The van der Waals surface area contributed by atoms with E-state index < -0.39 is 0 Å². The Morgan fingerprint density at radius 2 is 2.29 bits per heavy atom. The van der Waals surface area contributed by atoms with Gasteiger partial charge in [0.25, 0.3) is 0 Å². The maximum absolute atomic E-state index is 11.3. The first-order valence-corrected chi connectivity index (χ1v) is 6.09. The number of hydrogen-bond acceptors (Lipinski definition) is 3. The molecule has 0 radical (unpaired) electrons. The number of hydrogen-bond donors (Lipinski definition) is 0. The van der Waals surface area contributed by atoms with Gasteiger partial charge in [0, 0.05) is 30.3 Å². The molecule has 17 heavy (non-hydrogen) atoms. The van der Waals surface area contributed by atoms with Crippen LogP contribution in [-0.2, 0) is 11.2 Å². The number of benzene rings is 1. The van der Waals surface area contributed by atoms with Gasteiger partial charge >= 0.3 is 0 Å². The van der Waals surface area contributed by atoms with E-state index in [1.54, 1.807) is 14.0 Å². The summed E-state index contributed by atoms with van der Waals surface area (Å²) in [7, 11) is 1.70. The Labute approximate surface area is 102 Å². The summed E-state index contributed by atoms with van der Waals surface area (Å²) in [5.74, 6) is 1.19. The zero-order valence-corrected chi connectivity index (χ0v) is 10.7. The van der Waals surface area contributed by atoms with Crippen molar-refractivity contribution in [1.29, 1.82) is 0 Å². The van der Waals surface area contributed by atoms with Crippen LogP contribution in [0.4, 0.5) is 5.69 Å². The second-order valence-corrected chi connectivity index (χ2v) is 4.51. The molecule has 0 saturated heterocycles. The van der Waals surface area contributed by atoms with Gasteiger partial charge in [0.1, 0.15) is 11.5 Å². The smallest absolute Gasteiger partial charge is 0.131 e. The van der Waals surface area contributed by atoms with Gasteiger partial charge in [-0.2, -0.15) is 0 Å². The van der Waals surface area contributed by atoms with Crippen molar-refractivity contribution in [3.63, 3.8) is 0 Å². The Kier molecular flexibility index (Phi) is 3.36. The lowest BCUT2D eigenvalue weighted by Crippen LogP contribution is -2.33. The van der Waals surface area contributed by atoms with Crippen LogP contribution in [0.15, 0.2) is 18.2 Å². The number of Topliss-reactive ketones (excluding diaryl/α,β-unsaturated/α-hetero) is 1. The maximum atomic E-state index is 11.3. The van der Waals surface area contributed by atoms with Gasteiger partial charge in [0.05, 0.1) is 7.11 Å². The highest BCUT2D eigenvalue weighted by molar-refractivity contribution is 5.78. The molecular formula is C14H19NO2. The molecule has 0 aromatic heterocycles. The summed E-state index contributed by atoms with van der Waals surface area (Å²) in [4.78, 5) is 13.6. The predicted octanol–water partition coefficient (Wildman–Crippen LogP) is 2.43. The largest absolute Gasteiger partial charge is 0.496 e. The minimum atomic E-state index is 0.250. The number of carbonyl (C=O) groups excluding carboxylic acids is 1. The van der Waals surface area contributed by atoms with Gasteiger partial charge in [-0.15, -0.1) is 0 Å². The molecule has 3 heteroatoms. The average molecular weight is 233 g/mol. The van der Waals surface area contributed by atoms with Crippen LogP contribution in [-0.4, -0.2) is 25.5 Å². The minimum absolute atomic E-state index is 0.250. The highest BCUT2D eigenvalue weighted by Gasteiger charge is 2.30.